The van der Waals surface area contributed by atoms with Gasteiger partial charge in [-0.05, 0) is 37.5 Å². The molecule has 2 aliphatic heterocycles. The van der Waals surface area contributed by atoms with Crippen molar-refractivity contribution in [1.82, 2.24) is 4.57 Å². The Morgan fingerprint density at radius 3 is 2.89 bits per heavy atom. The molecule has 0 aliphatic carbocycles. The Kier molecular flexibility index (Phi) is 4.65. The monoisotopic (exact) mass is 381 g/mol. The van der Waals surface area contributed by atoms with Crippen molar-refractivity contribution in [3.63, 3.8) is 0 Å². The zero-order valence-electron chi connectivity index (χ0n) is 15.4. The second-order valence-corrected chi connectivity index (χ2v) is 7.09. The third-order valence-corrected chi connectivity index (χ3v) is 5.28. The van der Waals surface area contributed by atoms with Gasteiger partial charge in [-0.2, -0.15) is 5.26 Å². The minimum absolute atomic E-state index is 0.0253. The summed E-state index contributed by atoms with van der Waals surface area (Å²) in [7, 11) is 0. The largest absolute Gasteiger partial charge is 0.440 e. The molecule has 2 aliphatic rings. The number of hydrogen-bond donors (Lipinski definition) is 1. The summed E-state index contributed by atoms with van der Waals surface area (Å²) < 4.78 is 26.8. The number of halogens is 1. The fourth-order valence-electron chi connectivity index (χ4n) is 3.92. The predicted octanol–water partition coefficient (Wildman–Crippen LogP) is 2.69. The molecule has 6 nitrogen and oxygen atoms in total. The van der Waals surface area contributed by atoms with Gasteiger partial charge in [0.25, 0.3) is 5.56 Å². The molecule has 1 aromatic carbocycles. The van der Waals surface area contributed by atoms with Gasteiger partial charge in [-0.1, -0.05) is 12.1 Å². The molecule has 0 saturated carbocycles. The predicted molar refractivity (Wildman–Crippen MR) is 100 cm³/mol. The van der Waals surface area contributed by atoms with Gasteiger partial charge >= 0.3 is 0 Å². The first kappa shape index (κ1) is 18.3. The van der Waals surface area contributed by atoms with Gasteiger partial charge in [0.1, 0.15) is 23.2 Å². The third kappa shape index (κ3) is 3.06. The van der Waals surface area contributed by atoms with E-state index in [0.29, 0.717) is 35.7 Å². The molecule has 144 valence electrons. The van der Waals surface area contributed by atoms with E-state index in [2.05, 4.69) is 0 Å². The number of nitrogens with two attached hydrogens (primary N) is 1. The number of pyridine rings is 1. The minimum atomic E-state index is -0.784. The maximum atomic E-state index is 13.9. The number of aryl methyl sites for hydroxylation is 1. The van der Waals surface area contributed by atoms with E-state index in [1.807, 2.05) is 13.0 Å². The van der Waals surface area contributed by atoms with Crippen molar-refractivity contribution in [2.75, 3.05) is 6.61 Å². The summed E-state index contributed by atoms with van der Waals surface area (Å²) >= 11 is 0. The van der Waals surface area contributed by atoms with Crippen LogP contribution in [0.5, 0.6) is 5.75 Å². The Bertz CT molecular complexity index is 1060. The molecule has 0 spiro atoms. The maximum absolute atomic E-state index is 13.9. The van der Waals surface area contributed by atoms with Gasteiger partial charge in [0.2, 0.25) is 5.88 Å². The van der Waals surface area contributed by atoms with Crippen LogP contribution in [0.1, 0.15) is 35.6 Å². The molecule has 3 heterocycles. The Hall–Kier alpha value is -3.11. The number of nitriles is 1. The smallest absolute Gasteiger partial charge is 0.258 e. The summed E-state index contributed by atoms with van der Waals surface area (Å²) in [6.07, 6.45) is 1.84. The molecule has 0 bridgehead atoms. The number of hydrogen-bond acceptors (Lipinski definition) is 5. The second kappa shape index (κ2) is 7.13. The maximum Gasteiger partial charge on any atom is 0.258 e. The molecule has 1 fully saturated rings. The van der Waals surface area contributed by atoms with Crippen molar-refractivity contribution in [1.29, 1.82) is 5.26 Å². The lowest BCUT2D eigenvalue weighted by molar-refractivity contribution is 0.0955. The van der Waals surface area contributed by atoms with Gasteiger partial charge in [-0.25, -0.2) is 4.39 Å². The molecule has 0 amide bonds. The molecule has 1 saturated heterocycles. The Balaban J connectivity index is 1.90. The first-order valence-corrected chi connectivity index (χ1v) is 9.18. The molecule has 28 heavy (non-hydrogen) atoms. The van der Waals surface area contributed by atoms with Gasteiger partial charge in [0.05, 0.1) is 24.1 Å². The topological polar surface area (TPSA) is 90.3 Å². The molecular weight excluding hydrogens is 361 g/mol. The highest BCUT2D eigenvalue weighted by Crippen LogP contribution is 2.40. The summed E-state index contributed by atoms with van der Waals surface area (Å²) in [5, 5.41) is 9.64. The SMILES string of the molecule is Cc1cc2c(c(=O)n1CC1CCCO1)C(c1cccc(F)c1)C(C#N)=C(N)O2. The highest BCUT2D eigenvalue weighted by Gasteiger charge is 2.35. The molecule has 2 unspecified atom stereocenters. The van der Waals surface area contributed by atoms with Crippen molar-refractivity contribution < 1.29 is 13.9 Å². The Morgan fingerprint density at radius 1 is 1.39 bits per heavy atom. The fourth-order valence-corrected chi connectivity index (χ4v) is 3.92. The normalized spacial score (nSPS) is 21.2. The van der Waals surface area contributed by atoms with Gasteiger partial charge in [-0.3, -0.25) is 4.79 Å². The molecule has 1 aromatic heterocycles. The van der Waals surface area contributed by atoms with E-state index in [9.17, 15) is 14.4 Å². The molecule has 2 atom stereocenters. The lowest BCUT2D eigenvalue weighted by Crippen LogP contribution is -2.35. The summed E-state index contributed by atoms with van der Waals surface area (Å²) in [4.78, 5) is 13.4. The Labute approximate surface area is 161 Å². The summed E-state index contributed by atoms with van der Waals surface area (Å²) in [6.45, 7) is 2.93. The highest BCUT2D eigenvalue weighted by molar-refractivity contribution is 5.55. The average molecular weight is 381 g/mol. The fraction of sp³-hybridized carbons (Fsp3) is 0.333. The van der Waals surface area contributed by atoms with Crippen LogP contribution in [-0.2, 0) is 11.3 Å². The van der Waals surface area contributed by atoms with Crippen molar-refractivity contribution in [2.45, 2.75) is 38.3 Å². The third-order valence-electron chi connectivity index (χ3n) is 5.28. The number of allylic oxidation sites excluding steroid dienone is 1. The van der Waals surface area contributed by atoms with E-state index in [1.165, 1.54) is 12.1 Å². The van der Waals surface area contributed by atoms with Crippen LogP contribution < -0.4 is 16.0 Å². The lowest BCUT2D eigenvalue weighted by Gasteiger charge is -2.27. The van der Waals surface area contributed by atoms with Crippen LogP contribution in [0, 0.1) is 24.1 Å². The number of benzene rings is 1. The quantitative estimate of drug-likeness (QED) is 0.883. The van der Waals surface area contributed by atoms with Crippen molar-refractivity contribution in [3.8, 4) is 11.8 Å². The molecule has 2 aromatic rings. The van der Waals surface area contributed by atoms with Crippen LogP contribution >= 0.6 is 0 Å². The van der Waals surface area contributed by atoms with Crippen LogP contribution in [0.25, 0.3) is 0 Å². The van der Waals surface area contributed by atoms with Gasteiger partial charge in [0, 0.05) is 18.4 Å². The van der Waals surface area contributed by atoms with Gasteiger partial charge in [-0.15, -0.1) is 0 Å². The van der Waals surface area contributed by atoms with Crippen molar-refractivity contribution >= 4 is 0 Å². The number of rotatable bonds is 3. The molecule has 0 radical (unpaired) electrons. The number of aromatic nitrogens is 1. The van der Waals surface area contributed by atoms with E-state index in [1.54, 1.807) is 22.8 Å². The van der Waals surface area contributed by atoms with E-state index in [0.717, 1.165) is 12.8 Å². The lowest BCUT2D eigenvalue weighted by atomic mass is 9.84. The Morgan fingerprint density at radius 2 is 2.21 bits per heavy atom. The van der Waals surface area contributed by atoms with Gasteiger partial charge in [0.15, 0.2) is 0 Å². The zero-order valence-corrected chi connectivity index (χ0v) is 15.4. The van der Waals surface area contributed by atoms with Crippen LogP contribution in [-0.4, -0.2) is 17.3 Å². The first-order valence-electron chi connectivity index (χ1n) is 9.18. The number of nitrogens with zero attached hydrogens (tertiary/aromatic N) is 2. The molecule has 2 N–H and O–H groups in total. The number of ether oxygens (including phenoxy) is 2. The standard InChI is InChI=1S/C21H20FN3O3/c1-12-8-17-19(21(26)25(12)11-15-6-3-7-27-15)18(16(10-23)20(24)28-17)13-4-2-5-14(22)9-13/h2,4-5,8-9,15,18H,3,6-7,11,24H2,1H3. The van der Waals surface area contributed by atoms with Crippen molar-refractivity contribution in [2.24, 2.45) is 5.73 Å². The number of fused-ring (bicyclic) bond motifs is 1. The van der Waals surface area contributed by atoms with Crippen molar-refractivity contribution in [3.05, 3.63) is 74.8 Å². The first-order chi connectivity index (χ1) is 13.5. The van der Waals surface area contributed by atoms with Gasteiger partial charge < -0.3 is 19.8 Å². The van der Waals surface area contributed by atoms with Crippen LogP contribution in [0.15, 0.2) is 46.6 Å². The second-order valence-electron chi connectivity index (χ2n) is 7.09. The van der Waals surface area contributed by atoms with Crippen LogP contribution in [0.3, 0.4) is 0 Å². The molecular formula is C21H20FN3O3. The highest BCUT2D eigenvalue weighted by atomic mass is 19.1. The van der Waals surface area contributed by atoms with Crippen LogP contribution in [0.2, 0.25) is 0 Å². The summed E-state index contributed by atoms with van der Waals surface area (Å²) in [5.74, 6) is -1.00. The van der Waals surface area contributed by atoms with E-state index in [-0.39, 0.29) is 23.1 Å². The van der Waals surface area contributed by atoms with E-state index >= 15 is 0 Å². The molecule has 7 heteroatoms. The van der Waals surface area contributed by atoms with E-state index < -0.39 is 11.7 Å². The van der Waals surface area contributed by atoms with E-state index in [4.69, 9.17) is 15.2 Å². The van der Waals surface area contributed by atoms with Crippen LogP contribution in [0.4, 0.5) is 4.39 Å². The molecule has 4 rings (SSSR count). The zero-order chi connectivity index (χ0) is 19.8. The average Bonchev–Trinajstić information content (AvgIpc) is 3.17. The minimum Gasteiger partial charge on any atom is -0.440 e. The summed E-state index contributed by atoms with van der Waals surface area (Å²) in [5.41, 5.74) is 7.26. The summed E-state index contributed by atoms with van der Waals surface area (Å²) in [6, 6.07) is 9.62.